The summed E-state index contributed by atoms with van der Waals surface area (Å²) in [5, 5.41) is 2.41. The topological polar surface area (TPSA) is 22.3 Å². The Morgan fingerprint density at radius 1 is 0.270 bits per heavy atom. The van der Waals surface area contributed by atoms with Crippen LogP contribution < -0.4 is 9.80 Å². The maximum Gasteiger partial charge on any atom is 0.0726 e. The Hall–Kier alpha value is -11.3. The van der Waals surface area contributed by atoms with Crippen molar-refractivity contribution in [2.75, 3.05) is 9.80 Å². The average molecular weight is 1130 g/mol. The van der Waals surface area contributed by atoms with Gasteiger partial charge >= 0.3 is 0 Å². The second kappa shape index (κ2) is 19.1. The van der Waals surface area contributed by atoms with E-state index in [0.29, 0.717) is 0 Å². The Morgan fingerprint density at radius 3 is 1.08 bits per heavy atom. The van der Waals surface area contributed by atoms with Crippen LogP contribution in [0.25, 0.3) is 83.0 Å². The molecule has 19 rings (SSSR count). The molecule has 13 aromatic carbocycles. The van der Waals surface area contributed by atoms with E-state index in [-0.39, 0.29) is 5.41 Å². The Balaban J connectivity index is 0.663. The summed E-state index contributed by atoms with van der Waals surface area (Å²) in [6.07, 6.45) is 6.96. The van der Waals surface area contributed by atoms with Gasteiger partial charge in [0.1, 0.15) is 0 Å². The smallest absolute Gasteiger partial charge is 0.0726 e. The number of para-hydroxylation sites is 2. The number of aromatic nitrogens is 1. The van der Waals surface area contributed by atoms with Crippen molar-refractivity contribution < 1.29 is 0 Å². The highest BCUT2D eigenvalue weighted by molar-refractivity contribution is 6.10. The molecule has 0 fully saturated rings. The fourth-order valence-corrected chi connectivity index (χ4v) is 16.6. The predicted molar refractivity (Wildman–Crippen MR) is 369 cm³/mol. The number of H-pyrrole nitrogens is 1. The van der Waals surface area contributed by atoms with E-state index in [0.717, 1.165) is 58.0 Å². The van der Waals surface area contributed by atoms with Gasteiger partial charge in [-0.1, -0.05) is 218 Å². The van der Waals surface area contributed by atoms with E-state index in [9.17, 15) is 0 Å². The summed E-state index contributed by atoms with van der Waals surface area (Å²) in [4.78, 5) is 8.60. The molecule has 1 atom stereocenters. The van der Waals surface area contributed by atoms with Gasteiger partial charge in [-0.15, -0.1) is 0 Å². The first-order chi connectivity index (χ1) is 44.1. The first kappa shape index (κ1) is 49.9. The van der Waals surface area contributed by atoms with Crippen molar-refractivity contribution in [2.24, 2.45) is 0 Å². The van der Waals surface area contributed by atoms with Gasteiger partial charge in [-0.05, 0) is 221 Å². The third-order valence-corrected chi connectivity index (χ3v) is 20.3. The van der Waals surface area contributed by atoms with Crippen molar-refractivity contribution in [1.29, 1.82) is 0 Å². The molecule has 0 amide bonds. The Labute approximate surface area is 518 Å². The van der Waals surface area contributed by atoms with Crippen LogP contribution in [0.1, 0.15) is 57.3 Å². The van der Waals surface area contributed by atoms with Gasteiger partial charge in [0.25, 0.3) is 0 Å². The van der Waals surface area contributed by atoms with E-state index < -0.39 is 5.41 Å². The summed E-state index contributed by atoms with van der Waals surface area (Å²) < 4.78 is 0. The standard InChI is InChI=1S/C86H57N3/c1-3-19-59(20-4-1)88(63-45-47-71-69-27-11-17-33-79(69)85(81(71)53-63)75-29-13-7-23-65(75)66-24-8-14-30-76(66)85)61-41-35-55(36-42-61)57-39-49-83-73(51-57)74-52-58(40-50-84(74)87-83)56-37-43-62(44-38-56)89(60-21-5-2-6-22-60)64-46-48-72-70-28-12-18-34-80(70)86(82(72)54-64)77-31-15-9-25-67(77)68-26-10-16-32-78(68)86/h1-9,11-25,27-54,87H,10,26H2. The van der Waals surface area contributed by atoms with Gasteiger partial charge in [-0.25, -0.2) is 0 Å². The third kappa shape index (κ3) is 7.04. The second-order valence-electron chi connectivity index (χ2n) is 24.6. The molecule has 3 heteroatoms. The first-order valence-electron chi connectivity index (χ1n) is 31.3. The summed E-state index contributed by atoms with van der Waals surface area (Å²) in [6.45, 7) is 0. The van der Waals surface area contributed by atoms with E-state index in [1.54, 1.807) is 0 Å². The largest absolute Gasteiger partial charge is 0.355 e. The molecular formula is C86H57N3. The van der Waals surface area contributed by atoms with Gasteiger partial charge in [-0.2, -0.15) is 0 Å². The molecule has 5 aliphatic rings. The number of benzene rings is 13. The molecule has 1 heterocycles. The number of anilines is 6. The highest BCUT2D eigenvalue weighted by Crippen LogP contribution is 2.65. The van der Waals surface area contributed by atoms with Crippen molar-refractivity contribution in [3.05, 3.63) is 366 Å². The molecular weight excluding hydrogens is 1070 g/mol. The minimum Gasteiger partial charge on any atom is -0.355 e. The number of aromatic amines is 1. The highest BCUT2D eigenvalue weighted by Gasteiger charge is 2.54. The molecule has 0 aliphatic heterocycles. The van der Waals surface area contributed by atoms with Crippen molar-refractivity contribution in [3.8, 4) is 55.6 Å². The Kier molecular flexibility index (Phi) is 10.7. The molecule has 0 saturated heterocycles. The van der Waals surface area contributed by atoms with Gasteiger partial charge in [0.05, 0.1) is 10.8 Å². The van der Waals surface area contributed by atoms with Crippen molar-refractivity contribution in [1.82, 2.24) is 4.98 Å². The van der Waals surface area contributed by atoms with Gasteiger partial charge in [-0.3, -0.25) is 0 Å². The zero-order valence-electron chi connectivity index (χ0n) is 48.8. The molecule has 0 radical (unpaired) electrons. The maximum atomic E-state index is 3.75. The lowest BCUT2D eigenvalue weighted by atomic mass is 9.69. The van der Waals surface area contributed by atoms with Crippen LogP contribution in [0.4, 0.5) is 34.1 Å². The number of fused-ring (bicyclic) bond motifs is 22. The molecule has 5 aliphatic carbocycles. The van der Waals surface area contributed by atoms with E-state index in [2.05, 4.69) is 330 Å². The lowest BCUT2D eigenvalue weighted by molar-refractivity contribution is 0.780. The van der Waals surface area contributed by atoms with E-state index in [1.165, 1.54) is 122 Å². The van der Waals surface area contributed by atoms with Crippen LogP contribution in [0, 0.1) is 0 Å². The van der Waals surface area contributed by atoms with Gasteiger partial charge < -0.3 is 14.8 Å². The van der Waals surface area contributed by atoms with Gasteiger partial charge in [0.15, 0.2) is 0 Å². The highest BCUT2D eigenvalue weighted by atomic mass is 15.1. The van der Waals surface area contributed by atoms with Crippen molar-refractivity contribution in [3.63, 3.8) is 0 Å². The molecule has 3 nitrogen and oxygen atoms in total. The van der Waals surface area contributed by atoms with Crippen LogP contribution in [0.15, 0.2) is 321 Å². The first-order valence-corrected chi connectivity index (χ1v) is 31.3. The molecule has 14 aromatic rings. The van der Waals surface area contributed by atoms with E-state index in [4.69, 9.17) is 0 Å². The lowest BCUT2D eigenvalue weighted by Crippen LogP contribution is -2.27. The fourth-order valence-electron chi connectivity index (χ4n) is 16.6. The van der Waals surface area contributed by atoms with Crippen LogP contribution in [0.3, 0.4) is 0 Å². The number of allylic oxidation sites excluding steroid dienone is 4. The summed E-state index contributed by atoms with van der Waals surface area (Å²) in [5.74, 6) is 0. The monoisotopic (exact) mass is 1130 g/mol. The zero-order chi connectivity index (χ0) is 58.4. The van der Waals surface area contributed by atoms with Crippen LogP contribution in [-0.2, 0) is 10.8 Å². The molecule has 1 N–H and O–H groups in total. The van der Waals surface area contributed by atoms with Gasteiger partial charge in [0, 0.05) is 55.9 Å². The Bertz CT molecular complexity index is 5250. The molecule has 416 valence electrons. The molecule has 2 spiro atoms. The molecule has 0 saturated carbocycles. The summed E-state index contributed by atoms with van der Waals surface area (Å²) in [7, 11) is 0. The summed E-state index contributed by atoms with van der Waals surface area (Å²) >= 11 is 0. The number of nitrogens with zero attached hydrogens (tertiary/aromatic N) is 2. The minimum absolute atomic E-state index is 0.380. The minimum atomic E-state index is -0.430. The summed E-state index contributed by atoms with van der Waals surface area (Å²) in [5.41, 5.74) is 34.5. The van der Waals surface area contributed by atoms with Crippen LogP contribution in [0.5, 0.6) is 0 Å². The van der Waals surface area contributed by atoms with Crippen molar-refractivity contribution >= 4 is 61.5 Å². The number of hydrogen-bond acceptors (Lipinski definition) is 2. The maximum absolute atomic E-state index is 3.75. The average Bonchev–Trinajstić information content (AvgIpc) is 1.53. The zero-order valence-corrected chi connectivity index (χ0v) is 48.8. The second-order valence-corrected chi connectivity index (χ2v) is 24.6. The van der Waals surface area contributed by atoms with Crippen LogP contribution in [0.2, 0.25) is 0 Å². The number of rotatable bonds is 8. The quantitative estimate of drug-likeness (QED) is 0.164. The van der Waals surface area contributed by atoms with Crippen LogP contribution in [-0.4, -0.2) is 4.98 Å². The van der Waals surface area contributed by atoms with Gasteiger partial charge in [0.2, 0.25) is 0 Å². The van der Waals surface area contributed by atoms with Crippen LogP contribution >= 0.6 is 0 Å². The predicted octanol–water partition coefficient (Wildman–Crippen LogP) is 22.4. The Morgan fingerprint density at radius 2 is 0.618 bits per heavy atom. The molecule has 1 unspecified atom stereocenters. The number of hydrogen-bond donors (Lipinski definition) is 1. The SMILES string of the molecule is C1=CC2=C(CC1)c1ccccc1C21c2ccccc2-c2ccc(N(c3ccccc3)c3ccc(-c4ccc5[nH]c6ccc(-c7ccc(N(c8ccccc8)c8ccc9c(c8)C8(c%10ccccc%10-c%10ccccc%108)c8ccccc8-9)cc7)cc6c5c4)cc3)cc21. The molecule has 0 bridgehead atoms. The van der Waals surface area contributed by atoms with E-state index in [1.807, 2.05) is 0 Å². The van der Waals surface area contributed by atoms with E-state index >= 15 is 0 Å². The number of nitrogens with one attached hydrogen (secondary N) is 1. The molecule has 89 heavy (non-hydrogen) atoms. The fraction of sp³-hybridized carbons (Fsp3) is 0.0465. The summed E-state index contributed by atoms with van der Waals surface area (Å²) in [6, 6.07) is 114. The van der Waals surface area contributed by atoms with Crippen molar-refractivity contribution in [2.45, 2.75) is 23.7 Å². The normalized spacial score (nSPS) is 15.6. The third-order valence-electron chi connectivity index (χ3n) is 20.3. The molecule has 1 aromatic heterocycles. The lowest BCUT2D eigenvalue weighted by Gasteiger charge is -2.33.